The van der Waals surface area contributed by atoms with E-state index in [2.05, 4.69) is 0 Å². The Labute approximate surface area is 123 Å². The molecule has 0 saturated carbocycles. The lowest BCUT2D eigenvalue weighted by Crippen LogP contribution is -2.45. The summed E-state index contributed by atoms with van der Waals surface area (Å²) in [7, 11) is 0. The largest absolute Gasteiger partial charge is 0.390 e. The molecule has 3 nitrogen and oxygen atoms in total. The Kier molecular flexibility index (Phi) is 5.05. The van der Waals surface area contributed by atoms with Crippen molar-refractivity contribution in [2.24, 2.45) is 0 Å². The van der Waals surface area contributed by atoms with Crippen LogP contribution >= 0.6 is 11.8 Å². The summed E-state index contributed by atoms with van der Waals surface area (Å²) in [6.07, 6.45) is 1.65. The van der Waals surface area contributed by atoms with E-state index in [9.17, 15) is 14.3 Å². The molecule has 20 heavy (non-hydrogen) atoms. The number of amides is 1. The molecule has 1 aliphatic heterocycles. The van der Waals surface area contributed by atoms with Gasteiger partial charge in [-0.3, -0.25) is 4.79 Å². The molecule has 110 valence electrons. The lowest BCUT2D eigenvalue weighted by atomic mass is 9.94. The minimum Gasteiger partial charge on any atom is -0.390 e. The van der Waals surface area contributed by atoms with Gasteiger partial charge in [0.2, 0.25) is 5.91 Å². The van der Waals surface area contributed by atoms with Gasteiger partial charge in [-0.1, -0.05) is 12.1 Å². The normalized spacial score (nSPS) is 18.1. The Bertz CT molecular complexity index is 469. The van der Waals surface area contributed by atoms with Crippen LogP contribution in [-0.2, 0) is 4.79 Å². The maximum absolute atomic E-state index is 13.4. The molecule has 1 amide bonds. The van der Waals surface area contributed by atoms with Gasteiger partial charge in [0, 0.05) is 30.2 Å². The van der Waals surface area contributed by atoms with E-state index in [4.69, 9.17) is 0 Å². The molecule has 0 unspecified atom stereocenters. The second-order valence-electron chi connectivity index (χ2n) is 5.41. The number of hydrogen-bond acceptors (Lipinski definition) is 3. The maximum Gasteiger partial charge on any atom is 0.223 e. The third kappa shape index (κ3) is 4.21. The van der Waals surface area contributed by atoms with E-state index in [-0.39, 0.29) is 11.7 Å². The van der Waals surface area contributed by atoms with Gasteiger partial charge in [0.25, 0.3) is 0 Å². The summed E-state index contributed by atoms with van der Waals surface area (Å²) in [6.45, 7) is 3.02. The fraction of sp³-hybridized carbons (Fsp3) is 0.533. The van der Waals surface area contributed by atoms with Crippen LogP contribution in [0, 0.1) is 5.82 Å². The molecule has 0 spiro atoms. The summed E-state index contributed by atoms with van der Waals surface area (Å²) in [4.78, 5) is 14.4. The van der Waals surface area contributed by atoms with Gasteiger partial charge < -0.3 is 10.0 Å². The molecule has 1 aromatic carbocycles. The summed E-state index contributed by atoms with van der Waals surface area (Å²) in [5.41, 5.74) is -0.640. The summed E-state index contributed by atoms with van der Waals surface area (Å²) < 4.78 is 13.4. The first-order valence-corrected chi connectivity index (χ1v) is 7.84. The second kappa shape index (κ2) is 6.59. The van der Waals surface area contributed by atoms with Crippen LogP contribution in [0.3, 0.4) is 0 Å². The SMILES string of the molecule is CC1(O)CCN(C(=O)CCSc2ccccc2F)CC1. The van der Waals surface area contributed by atoms with Crippen molar-refractivity contribution in [3.8, 4) is 0 Å². The summed E-state index contributed by atoms with van der Waals surface area (Å²) in [5, 5.41) is 9.85. The van der Waals surface area contributed by atoms with Crippen LogP contribution in [0.5, 0.6) is 0 Å². The van der Waals surface area contributed by atoms with Crippen molar-refractivity contribution in [1.29, 1.82) is 0 Å². The number of nitrogens with zero attached hydrogens (tertiary/aromatic N) is 1. The van der Waals surface area contributed by atoms with E-state index in [0.717, 1.165) is 0 Å². The van der Waals surface area contributed by atoms with Crippen LogP contribution in [0.15, 0.2) is 29.2 Å². The van der Waals surface area contributed by atoms with Gasteiger partial charge >= 0.3 is 0 Å². The lowest BCUT2D eigenvalue weighted by Gasteiger charge is -2.35. The number of carbonyl (C=O) groups excluding carboxylic acids is 1. The maximum atomic E-state index is 13.4. The topological polar surface area (TPSA) is 40.5 Å². The summed E-state index contributed by atoms with van der Waals surface area (Å²) >= 11 is 1.37. The van der Waals surface area contributed by atoms with Crippen molar-refractivity contribution in [2.75, 3.05) is 18.8 Å². The Morgan fingerprint density at radius 1 is 1.40 bits per heavy atom. The standard InChI is InChI=1S/C15H20FNO2S/c1-15(19)7-9-17(10-8-15)14(18)6-11-20-13-5-3-2-4-12(13)16/h2-5,19H,6-11H2,1H3. The third-order valence-corrected chi connectivity index (χ3v) is 4.65. The van der Waals surface area contributed by atoms with E-state index in [1.54, 1.807) is 23.1 Å². The molecule has 1 heterocycles. The molecule has 5 heteroatoms. The van der Waals surface area contributed by atoms with Crippen molar-refractivity contribution in [3.63, 3.8) is 0 Å². The predicted molar refractivity (Wildman–Crippen MR) is 78.2 cm³/mol. The van der Waals surface area contributed by atoms with E-state index in [1.807, 2.05) is 6.92 Å². The highest BCUT2D eigenvalue weighted by molar-refractivity contribution is 7.99. The number of benzene rings is 1. The van der Waals surface area contributed by atoms with Crippen molar-refractivity contribution < 1.29 is 14.3 Å². The van der Waals surface area contributed by atoms with Crippen molar-refractivity contribution in [2.45, 2.75) is 36.7 Å². The van der Waals surface area contributed by atoms with Crippen LogP contribution in [0.2, 0.25) is 0 Å². The fourth-order valence-corrected chi connectivity index (χ4v) is 3.08. The minimum atomic E-state index is -0.640. The number of aliphatic hydroxyl groups is 1. The number of halogens is 1. The second-order valence-corrected chi connectivity index (χ2v) is 6.54. The van der Waals surface area contributed by atoms with Gasteiger partial charge in [-0.25, -0.2) is 4.39 Å². The number of hydrogen-bond donors (Lipinski definition) is 1. The molecule has 0 bridgehead atoms. The quantitative estimate of drug-likeness (QED) is 0.869. The van der Waals surface area contributed by atoms with Crippen molar-refractivity contribution in [1.82, 2.24) is 4.90 Å². The molecule has 1 aliphatic rings. The highest BCUT2D eigenvalue weighted by Crippen LogP contribution is 2.24. The number of likely N-dealkylation sites (tertiary alicyclic amines) is 1. The molecule has 1 aromatic rings. The molecule has 0 radical (unpaired) electrons. The molecular formula is C15H20FNO2S. The molecule has 1 fully saturated rings. The average molecular weight is 297 g/mol. The van der Waals surface area contributed by atoms with Gasteiger partial charge in [0.15, 0.2) is 0 Å². The first-order valence-electron chi connectivity index (χ1n) is 6.85. The summed E-state index contributed by atoms with van der Waals surface area (Å²) in [6, 6.07) is 6.60. The Morgan fingerprint density at radius 3 is 2.70 bits per heavy atom. The van der Waals surface area contributed by atoms with Gasteiger partial charge in [-0.05, 0) is 31.9 Å². The number of rotatable bonds is 4. The van der Waals surface area contributed by atoms with Gasteiger partial charge in [0.1, 0.15) is 5.82 Å². The van der Waals surface area contributed by atoms with Crippen LogP contribution in [-0.4, -0.2) is 40.4 Å². The Balaban J connectivity index is 1.75. The first kappa shape index (κ1) is 15.3. The van der Waals surface area contributed by atoms with Crippen LogP contribution in [0.1, 0.15) is 26.2 Å². The molecule has 0 aliphatic carbocycles. The summed E-state index contributed by atoms with van der Waals surface area (Å²) in [5.74, 6) is 0.426. The van der Waals surface area contributed by atoms with E-state index >= 15 is 0 Å². The van der Waals surface area contributed by atoms with Crippen molar-refractivity contribution in [3.05, 3.63) is 30.1 Å². The molecule has 0 aromatic heterocycles. The van der Waals surface area contributed by atoms with Crippen LogP contribution in [0.4, 0.5) is 4.39 Å². The Morgan fingerprint density at radius 2 is 2.05 bits per heavy atom. The Hall–Kier alpha value is -1.07. The predicted octanol–water partition coefficient (Wildman–Crippen LogP) is 2.68. The fourth-order valence-electron chi connectivity index (χ4n) is 2.21. The third-order valence-electron chi connectivity index (χ3n) is 3.60. The van der Waals surface area contributed by atoms with E-state index in [1.165, 1.54) is 17.8 Å². The zero-order chi connectivity index (χ0) is 14.6. The minimum absolute atomic E-state index is 0.0874. The van der Waals surface area contributed by atoms with Gasteiger partial charge in [-0.15, -0.1) is 11.8 Å². The van der Waals surface area contributed by atoms with Gasteiger partial charge in [0.05, 0.1) is 5.60 Å². The monoisotopic (exact) mass is 297 g/mol. The number of thioether (sulfide) groups is 1. The van der Waals surface area contributed by atoms with Gasteiger partial charge in [-0.2, -0.15) is 0 Å². The highest BCUT2D eigenvalue weighted by atomic mass is 32.2. The molecule has 1 N–H and O–H groups in total. The lowest BCUT2D eigenvalue weighted by molar-refractivity contribution is -0.134. The average Bonchev–Trinajstić information content (AvgIpc) is 2.40. The zero-order valence-electron chi connectivity index (χ0n) is 11.6. The van der Waals surface area contributed by atoms with E-state index < -0.39 is 5.60 Å². The smallest absolute Gasteiger partial charge is 0.223 e. The van der Waals surface area contributed by atoms with Crippen LogP contribution < -0.4 is 0 Å². The zero-order valence-corrected chi connectivity index (χ0v) is 12.5. The first-order chi connectivity index (χ1) is 9.48. The molecule has 0 atom stereocenters. The highest BCUT2D eigenvalue weighted by Gasteiger charge is 2.29. The van der Waals surface area contributed by atoms with Crippen LogP contribution in [0.25, 0.3) is 0 Å². The molecule has 1 saturated heterocycles. The molecule has 2 rings (SSSR count). The van der Waals surface area contributed by atoms with E-state index in [0.29, 0.717) is 43.0 Å². The van der Waals surface area contributed by atoms with Crippen molar-refractivity contribution >= 4 is 17.7 Å². The number of piperidine rings is 1. The number of carbonyl (C=O) groups is 1. The molecular weight excluding hydrogens is 277 g/mol.